The van der Waals surface area contributed by atoms with Gasteiger partial charge in [0.15, 0.2) is 11.5 Å². The minimum Gasteiger partial charge on any atom is -0.493 e. The molecule has 0 aliphatic heterocycles. The van der Waals surface area contributed by atoms with Crippen molar-refractivity contribution < 1.29 is 9.47 Å². The third-order valence-electron chi connectivity index (χ3n) is 5.73. The van der Waals surface area contributed by atoms with Gasteiger partial charge in [0.25, 0.3) is 0 Å². The van der Waals surface area contributed by atoms with E-state index in [9.17, 15) is 0 Å². The van der Waals surface area contributed by atoms with Crippen molar-refractivity contribution in [2.24, 2.45) is 0 Å². The fraction of sp³-hybridized carbons (Fsp3) is 0.286. The van der Waals surface area contributed by atoms with Crippen molar-refractivity contribution in [3.8, 4) is 17.2 Å². The van der Waals surface area contributed by atoms with Crippen molar-refractivity contribution in [2.45, 2.75) is 33.5 Å². The quantitative estimate of drug-likeness (QED) is 0.264. The van der Waals surface area contributed by atoms with E-state index in [0.29, 0.717) is 24.5 Å². The molecule has 0 saturated heterocycles. The summed E-state index contributed by atoms with van der Waals surface area (Å²) in [4.78, 5) is 2.19. The number of ether oxygens (including phenoxy) is 2. The molecule has 7 heteroatoms. The van der Waals surface area contributed by atoms with Gasteiger partial charge in [-0.2, -0.15) is 5.10 Å². The van der Waals surface area contributed by atoms with Crippen LogP contribution in [0.5, 0.6) is 11.5 Å². The van der Waals surface area contributed by atoms with E-state index in [1.54, 1.807) is 7.11 Å². The highest BCUT2D eigenvalue weighted by Crippen LogP contribution is 2.28. The first-order valence-electron chi connectivity index (χ1n) is 11.8. The van der Waals surface area contributed by atoms with E-state index >= 15 is 0 Å². The van der Waals surface area contributed by atoms with Gasteiger partial charge in [0.1, 0.15) is 5.82 Å². The predicted molar refractivity (Wildman–Crippen MR) is 142 cm³/mol. The van der Waals surface area contributed by atoms with Crippen LogP contribution in [0.25, 0.3) is 5.69 Å². The van der Waals surface area contributed by atoms with Crippen LogP contribution in [0.15, 0.2) is 72.8 Å². The number of benzene rings is 3. The van der Waals surface area contributed by atoms with E-state index in [0.717, 1.165) is 35.1 Å². The molecule has 0 aliphatic carbocycles. The van der Waals surface area contributed by atoms with Crippen LogP contribution in [-0.2, 0) is 19.6 Å². The molecule has 0 saturated carbocycles. The fourth-order valence-corrected chi connectivity index (χ4v) is 4.45. The van der Waals surface area contributed by atoms with Crippen molar-refractivity contribution in [1.82, 2.24) is 19.2 Å². The molecule has 35 heavy (non-hydrogen) atoms. The summed E-state index contributed by atoms with van der Waals surface area (Å²) in [6.07, 6.45) is 0.700. The van der Waals surface area contributed by atoms with E-state index in [4.69, 9.17) is 26.8 Å². The molecule has 4 aromatic rings. The third kappa shape index (κ3) is 5.99. The van der Waals surface area contributed by atoms with Crippen LogP contribution < -0.4 is 9.47 Å². The number of nitrogens with zero attached hydrogens (tertiary/aromatic N) is 4. The molecular formula is C28H32N4O2S. The predicted octanol–water partition coefficient (Wildman–Crippen LogP) is 5.80. The third-order valence-corrected chi connectivity index (χ3v) is 6.12. The van der Waals surface area contributed by atoms with Crippen LogP contribution in [0.3, 0.4) is 0 Å². The first-order valence-corrected chi connectivity index (χ1v) is 12.2. The molecule has 0 unspecified atom stereocenters. The van der Waals surface area contributed by atoms with Crippen LogP contribution >= 0.6 is 12.2 Å². The lowest BCUT2D eigenvalue weighted by Crippen LogP contribution is -2.22. The Labute approximate surface area is 212 Å². The monoisotopic (exact) mass is 488 g/mol. The van der Waals surface area contributed by atoms with Gasteiger partial charge in [-0.15, -0.1) is 0 Å². The molecule has 0 atom stereocenters. The minimum atomic E-state index is 0.564. The Hall–Kier alpha value is -3.42. The van der Waals surface area contributed by atoms with Crippen molar-refractivity contribution in [2.75, 3.05) is 20.8 Å². The molecule has 3 aromatic carbocycles. The molecular weight excluding hydrogens is 456 g/mol. The Kier molecular flexibility index (Phi) is 8.00. The largest absolute Gasteiger partial charge is 0.493 e. The highest BCUT2D eigenvalue weighted by atomic mass is 32.1. The summed E-state index contributed by atoms with van der Waals surface area (Å²) in [5, 5.41) is 4.95. The molecule has 0 spiro atoms. The summed E-state index contributed by atoms with van der Waals surface area (Å²) in [6.45, 7) is 5.94. The number of aromatic nitrogens is 3. The van der Waals surface area contributed by atoms with Gasteiger partial charge in [-0.25, -0.2) is 4.68 Å². The van der Waals surface area contributed by atoms with Crippen LogP contribution in [-0.4, -0.2) is 40.0 Å². The Bertz CT molecular complexity index is 1330. The van der Waals surface area contributed by atoms with Crippen LogP contribution in [0.4, 0.5) is 0 Å². The second-order valence-corrected chi connectivity index (χ2v) is 8.97. The molecule has 1 heterocycles. The maximum absolute atomic E-state index is 5.92. The summed E-state index contributed by atoms with van der Waals surface area (Å²) in [5.41, 5.74) is 4.54. The van der Waals surface area contributed by atoms with Crippen molar-refractivity contribution in [3.05, 3.63) is 100 Å². The first-order chi connectivity index (χ1) is 17.0. The molecule has 0 fully saturated rings. The van der Waals surface area contributed by atoms with Gasteiger partial charge in [-0.05, 0) is 74.1 Å². The highest BCUT2D eigenvalue weighted by Gasteiger charge is 2.15. The summed E-state index contributed by atoms with van der Waals surface area (Å²) in [5.74, 6) is 2.41. The van der Waals surface area contributed by atoms with Gasteiger partial charge < -0.3 is 9.47 Å². The highest BCUT2D eigenvalue weighted by molar-refractivity contribution is 7.71. The number of aryl methyl sites for hydroxylation is 1. The molecule has 182 valence electrons. The molecule has 0 bridgehead atoms. The molecule has 6 nitrogen and oxygen atoms in total. The fourth-order valence-electron chi connectivity index (χ4n) is 4.14. The summed E-state index contributed by atoms with van der Waals surface area (Å²) >= 11 is 5.92. The van der Waals surface area contributed by atoms with Gasteiger partial charge in [-0.1, -0.05) is 48.5 Å². The summed E-state index contributed by atoms with van der Waals surface area (Å²) in [6, 6.07) is 24.8. The standard InChI is InChI=1S/C28H32N4O2S/c1-5-34-25-15-14-23(17-26(25)33-4)19-30(3)20-31-28(35)32(24-13-9-10-21(2)16-24)27(29-31)18-22-11-7-6-8-12-22/h6-17H,5,18-20H2,1-4H3. The number of hydrogen-bond acceptors (Lipinski definition) is 5. The maximum Gasteiger partial charge on any atom is 0.203 e. The normalized spacial score (nSPS) is 11.1. The zero-order valence-electron chi connectivity index (χ0n) is 20.8. The van der Waals surface area contributed by atoms with Crippen LogP contribution in [0.2, 0.25) is 0 Å². The van der Waals surface area contributed by atoms with E-state index < -0.39 is 0 Å². The second kappa shape index (κ2) is 11.3. The average molecular weight is 489 g/mol. The smallest absolute Gasteiger partial charge is 0.203 e. The van der Waals surface area contributed by atoms with Crippen molar-refractivity contribution >= 4 is 12.2 Å². The van der Waals surface area contributed by atoms with Crippen LogP contribution in [0, 0.1) is 11.7 Å². The maximum atomic E-state index is 5.92. The molecule has 0 N–H and O–H groups in total. The topological polar surface area (TPSA) is 44.5 Å². The van der Waals surface area contributed by atoms with E-state index in [-0.39, 0.29) is 0 Å². The van der Waals surface area contributed by atoms with Gasteiger partial charge in [0.2, 0.25) is 4.77 Å². The summed E-state index contributed by atoms with van der Waals surface area (Å²) < 4.78 is 15.8. The number of rotatable bonds is 10. The Balaban J connectivity index is 1.61. The van der Waals surface area contributed by atoms with E-state index in [1.807, 2.05) is 29.8 Å². The lowest BCUT2D eigenvalue weighted by Gasteiger charge is -2.18. The summed E-state index contributed by atoms with van der Waals surface area (Å²) in [7, 11) is 3.73. The molecule has 0 aliphatic rings. The molecule has 0 radical (unpaired) electrons. The van der Waals surface area contributed by atoms with Crippen LogP contribution in [0.1, 0.15) is 29.4 Å². The Morgan fingerprint density at radius 1 is 0.943 bits per heavy atom. The molecule has 4 rings (SSSR count). The first kappa shape index (κ1) is 24.7. The molecule has 0 amide bonds. The van der Waals surface area contributed by atoms with Gasteiger partial charge in [0.05, 0.1) is 20.4 Å². The lowest BCUT2D eigenvalue weighted by molar-refractivity contribution is 0.243. The Morgan fingerprint density at radius 3 is 2.46 bits per heavy atom. The van der Waals surface area contributed by atoms with Crippen molar-refractivity contribution in [3.63, 3.8) is 0 Å². The number of methoxy groups -OCH3 is 1. The van der Waals surface area contributed by atoms with Crippen molar-refractivity contribution in [1.29, 1.82) is 0 Å². The molecule has 1 aromatic heterocycles. The average Bonchev–Trinajstić information content (AvgIpc) is 3.14. The van der Waals surface area contributed by atoms with E-state index in [2.05, 4.69) is 78.0 Å². The lowest BCUT2D eigenvalue weighted by atomic mass is 10.1. The van der Waals surface area contributed by atoms with Gasteiger partial charge >= 0.3 is 0 Å². The zero-order chi connectivity index (χ0) is 24.8. The van der Waals surface area contributed by atoms with Gasteiger partial charge in [-0.3, -0.25) is 9.47 Å². The van der Waals surface area contributed by atoms with E-state index in [1.165, 1.54) is 11.1 Å². The second-order valence-electron chi connectivity index (χ2n) is 8.61. The minimum absolute atomic E-state index is 0.564. The SMILES string of the molecule is CCOc1ccc(CN(C)Cn2nc(Cc3ccccc3)n(-c3cccc(C)c3)c2=S)cc1OC. The van der Waals surface area contributed by atoms with Gasteiger partial charge in [0, 0.05) is 18.7 Å². The zero-order valence-corrected chi connectivity index (χ0v) is 21.6. The Morgan fingerprint density at radius 2 is 1.74 bits per heavy atom. The number of hydrogen-bond donors (Lipinski definition) is 0.